The second-order valence-corrected chi connectivity index (χ2v) is 6.38. The number of benzene rings is 2. The summed E-state index contributed by atoms with van der Waals surface area (Å²) in [6.07, 6.45) is 3.58. The van der Waals surface area contributed by atoms with Gasteiger partial charge in [-0.2, -0.15) is 35.4 Å². The Morgan fingerprint density at radius 3 is 1.82 bits per heavy atom. The van der Waals surface area contributed by atoms with Gasteiger partial charge in [0.1, 0.15) is 0 Å². The topological polar surface area (TPSA) is 25.8 Å². The molecule has 0 N–H and O–H groups in total. The van der Waals surface area contributed by atoms with Crippen LogP contribution >= 0.6 is 0 Å². The second-order valence-electron chi connectivity index (χ2n) is 6.38. The molecule has 0 aliphatic rings. The maximum Gasteiger partial charge on any atom is 2.00 e. The van der Waals surface area contributed by atoms with Gasteiger partial charge >= 0.3 is 16.5 Å². The normalized spacial score (nSPS) is 9.68. The third-order valence-electron chi connectivity index (χ3n) is 4.03. The third-order valence-corrected chi connectivity index (χ3v) is 4.03. The van der Waals surface area contributed by atoms with Crippen LogP contribution in [0.25, 0.3) is 22.5 Å². The van der Waals surface area contributed by atoms with Crippen molar-refractivity contribution in [2.45, 2.75) is 20.8 Å². The van der Waals surface area contributed by atoms with Crippen molar-refractivity contribution in [2.24, 2.45) is 0 Å². The minimum absolute atomic E-state index is 0. The van der Waals surface area contributed by atoms with E-state index in [1.54, 1.807) is 12.4 Å². The van der Waals surface area contributed by atoms with Gasteiger partial charge in [0.25, 0.3) is 0 Å². The maximum atomic E-state index is 4.47. The molecule has 3 heteroatoms. The molecule has 0 atom stereocenters. The number of aromatic nitrogens is 2. The van der Waals surface area contributed by atoms with Crippen LogP contribution in [0.5, 0.6) is 0 Å². The summed E-state index contributed by atoms with van der Waals surface area (Å²) in [6, 6.07) is 28.7. The Bertz CT molecular complexity index is 996. The Labute approximate surface area is 177 Å². The summed E-state index contributed by atoms with van der Waals surface area (Å²) in [5.41, 5.74) is 7.43. The molecule has 2 heterocycles. The van der Waals surface area contributed by atoms with Crippen LogP contribution < -0.4 is 0 Å². The van der Waals surface area contributed by atoms with Gasteiger partial charge in [0.05, 0.1) is 11.4 Å². The first-order valence-corrected chi connectivity index (χ1v) is 8.95. The monoisotopic (exact) mass is 408 g/mol. The molecule has 0 unspecified atom stereocenters. The molecule has 0 radical (unpaired) electrons. The van der Waals surface area contributed by atoms with Crippen LogP contribution in [0.2, 0.25) is 0 Å². The summed E-state index contributed by atoms with van der Waals surface area (Å²) in [6.45, 7) is 6.14. The molecule has 0 aliphatic carbocycles. The fourth-order valence-electron chi connectivity index (χ4n) is 2.80. The molecule has 142 valence electrons. The maximum absolute atomic E-state index is 4.47. The molecular weight excluding hydrogens is 387 g/mol. The van der Waals surface area contributed by atoms with Gasteiger partial charge in [-0.05, 0) is 12.1 Å². The van der Waals surface area contributed by atoms with E-state index in [1.807, 2.05) is 75.4 Å². The van der Waals surface area contributed by atoms with Gasteiger partial charge < -0.3 is 0 Å². The predicted molar refractivity (Wildman–Crippen MR) is 111 cm³/mol. The van der Waals surface area contributed by atoms with Crippen LogP contribution in [-0.4, -0.2) is 9.97 Å². The van der Waals surface area contributed by atoms with E-state index in [9.17, 15) is 0 Å². The van der Waals surface area contributed by atoms with Crippen LogP contribution in [0.1, 0.15) is 16.7 Å². The molecule has 0 saturated heterocycles. The van der Waals surface area contributed by atoms with E-state index in [2.05, 4.69) is 34.2 Å². The minimum atomic E-state index is 0. The number of hydrogen-bond acceptors (Lipinski definition) is 2. The van der Waals surface area contributed by atoms with Gasteiger partial charge in [0, 0.05) is 12.4 Å². The molecule has 2 aromatic heterocycles. The second kappa shape index (κ2) is 10.5. The molecule has 0 amide bonds. The molecule has 2 aromatic carbocycles. The van der Waals surface area contributed by atoms with Crippen molar-refractivity contribution in [2.75, 3.05) is 0 Å². The van der Waals surface area contributed by atoms with Gasteiger partial charge in [-0.25, -0.2) is 0 Å². The summed E-state index contributed by atoms with van der Waals surface area (Å²) in [4.78, 5) is 8.85. The Morgan fingerprint density at radius 2 is 1.25 bits per heavy atom. The molecule has 0 aliphatic heterocycles. The number of aryl methyl sites for hydroxylation is 3. The Hall–Kier alpha value is -2.77. The number of hydrogen-bond donors (Lipinski definition) is 0. The van der Waals surface area contributed by atoms with Gasteiger partial charge in [0.15, 0.2) is 0 Å². The van der Waals surface area contributed by atoms with E-state index in [-0.39, 0.29) is 16.5 Å². The molecule has 4 aromatic rings. The summed E-state index contributed by atoms with van der Waals surface area (Å²) in [7, 11) is 0. The first-order valence-electron chi connectivity index (χ1n) is 8.95. The zero-order valence-electron chi connectivity index (χ0n) is 16.2. The molecule has 28 heavy (non-hydrogen) atoms. The minimum Gasteiger partial charge on any atom is -0.264 e. The van der Waals surface area contributed by atoms with Crippen molar-refractivity contribution in [3.05, 3.63) is 108 Å². The van der Waals surface area contributed by atoms with Crippen LogP contribution in [0.15, 0.2) is 79.1 Å². The van der Waals surface area contributed by atoms with E-state index in [4.69, 9.17) is 0 Å². The first-order chi connectivity index (χ1) is 13.1. The predicted octanol–water partition coefficient (Wildman–Crippen LogP) is 6.02. The largest absolute Gasteiger partial charge is 2.00 e. The van der Waals surface area contributed by atoms with Crippen molar-refractivity contribution in [1.82, 2.24) is 9.97 Å². The van der Waals surface area contributed by atoms with Gasteiger partial charge in [-0.15, -0.1) is 35.4 Å². The van der Waals surface area contributed by atoms with Crippen LogP contribution in [0, 0.1) is 32.9 Å². The number of pyridine rings is 2. The molecule has 4 rings (SSSR count). The Kier molecular flexibility index (Phi) is 8.10. The van der Waals surface area contributed by atoms with E-state index in [1.165, 1.54) is 11.1 Å². The molecule has 0 bridgehead atoms. The fourth-order valence-corrected chi connectivity index (χ4v) is 2.80. The standard InChI is InChI=1S/C17H13N2.C8H9.Ni/c1-13-6-4-7-14(12-13)15-8-5-11-19-17(15)16-9-2-3-10-18-16;1-7-4-3-5-8(2)6-7;/h2-11H,1H3;3-5H,1-2H3;/q2*-1;+2. The zero-order chi connectivity index (χ0) is 19.1. The van der Waals surface area contributed by atoms with Crippen LogP contribution in [0.3, 0.4) is 0 Å². The van der Waals surface area contributed by atoms with Gasteiger partial charge in [0.2, 0.25) is 0 Å². The van der Waals surface area contributed by atoms with Gasteiger partial charge in [-0.3, -0.25) is 9.97 Å². The van der Waals surface area contributed by atoms with Crippen molar-refractivity contribution in [1.29, 1.82) is 0 Å². The van der Waals surface area contributed by atoms with Crippen LogP contribution in [0.4, 0.5) is 0 Å². The molecule has 2 nitrogen and oxygen atoms in total. The fraction of sp³-hybridized carbons (Fsp3) is 0.120. The third kappa shape index (κ3) is 5.87. The Balaban J connectivity index is 0.000000264. The van der Waals surface area contributed by atoms with E-state index >= 15 is 0 Å². The summed E-state index contributed by atoms with van der Waals surface area (Å²) in [5, 5.41) is 0. The van der Waals surface area contributed by atoms with Crippen molar-refractivity contribution >= 4 is 0 Å². The average molecular weight is 409 g/mol. The summed E-state index contributed by atoms with van der Waals surface area (Å²) < 4.78 is 0. The average Bonchev–Trinajstić information content (AvgIpc) is 2.69. The summed E-state index contributed by atoms with van der Waals surface area (Å²) in [5.74, 6) is 0. The molecular formula is C25H22N2Ni. The SMILES string of the molecule is Cc1[c-]c(-c2cccnc2-c2ccccn2)ccc1.Cc1[c-]c(C)ccc1.[Ni+2]. The number of rotatable bonds is 2. The number of nitrogens with zero attached hydrogens (tertiary/aromatic N) is 2. The summed E-state index contributed by atoms with van der Waals surface area (Å²) >= 11 is 0. The quantitative estimate of drug-likeness (QED) is 0.299. The van der Waals surface area contributed by atoms with E-state index in [0.29, 0.717) is 0 Å². The van der Waals surface area contributed by atoms with E-state index < -0.39 is 0 Å². The first kappa shape index (κ1) is 21.5. The van der Waals surface area contributed by atoms with Gasteiger partial charge in [-0.1, -0.05) is 44.5 Å². The van der Waals surface area contributed by atoms with E-state index in [0.717, 1.165) is 28.1 Å². The molecule has 0 spiro atoms. The molecule has 0 fully saturated rings. The van der Waals surface area contributed by atoms with Crippen molar-refractivity contribution in [3.63, 3.8) is 0 Å². The smallest absolute Gasteiger partial charge is 0.264 e. The van der Waals surface area contributed by atoms with Crippen LogP contribution in [-0.2, 0) is 16.5 Å². The Morgan fingerprint density at radius 1 is 0.607 bits per heavy atom. The van der Waals surface area contributed by atoms with Crippen molar-refractivity contribution in [3.8, 4) is 22.5 Å². The van der Waals surface area contributed by atoms with Crippen molar-refractivity contribution < 1.29 is 16.5 Å². The molecule has 0 saturated carbocycles. The zero-order valence-corrected chi connectivity index (χ0v) is 17.2.